The Morgan fingerprint density at radius 3 is 2.76 bits per heavy atom. The second-order valence-electron chi connectivity index (χ2n) is 6.49. The topological polar surface area (TPSA) is 52.7 Å². The molecule has 25 heavy (non-hydrogen) atoms. The van der Waals surface area contributed by atoms with Crippen LogP contribution in [0.15, 0.2) is 24.3 Å². The van der Waals surface area contributed by atoms with E-state index in [9.17, 15) is 14.0 Å². The van der Waals surface area contributed by atoms with Gasteiger partial charge in [0.05, 0.1) is 12.5 Å². The highest BCUT2D eigenvalue weighted by Crippen LogP contribution is 2.19. The molecule has 1 fully saturated rings. The van der Waals surface area contributed by atoms with Crippen molar-refractivity contribution in [2.75, 3.05) is 32.7 Å². The molecule has 0 saturated carbocycles. The number of hydrogen-bond donors (Lipinski definition) is 1. The molecule has 1 atom stereocenters. The third-order valence-electron chi connectivity index (χ3n) is 4.70. The minimum atomic E-state index is -0.237. The molecule has 1 heterocycles. The highest BCUT2D eigenvalue weighted by Gasteiger charge is 2.26. The summed E-state index contributed by atoms with van der Waals surface area (Å²) in [6, 6.07) is 6.57. The Labute approximate surface area is 149 Å². The average molecular weight is 349 g/mol. The summed E-state index contributed by atoms with van der Waals surface area (Å²) in [5.74, 6) is -0.472. The number of rotatable bonds is 7. The monoisotopic (exact) mass is 349 g/mol. The highest BCUT2D eigenvalue weighted by atomic mass is 19.1. The zero-order valence-electron chi connectivity index (χ0n) is 15.1. The van der Waals surface area contributed by atoms with E-state index in [1.54, 1.807) is 11.0 Å². The second-order valence-corrected chi connectivity index (χ2v) is 6.49. The number of likely N-dealkylation sites (tertiary alicyclic amines) is 1. The summed E-state index contributed by atoms with van der Waals surface area (Å²) in [6.45, 7) is 7.39. The number of piperidine rings is 1. The Morgan fingerprint density at radius 1 is 1.32 bits per heavy atom. The van der Waals surface area contributed by atoms with Crippen LogP contribution < -0.4 is 5.32 Å². The number of carbonyl (C=O) groups is 2. The quantitative estimate of drug-likeness (QED) is 0.819. The van der Waals surface area contributed by atoms with E-state index in [-0.39, 0.29) is 30.1 Å². The van der Waals surface area contributed by atoms with Gasteiger partial charge in [-0.2, -0.15) is 0 Å². The summed E-state index contributed by atoms with van der Waals surface area (Å²) in [6.07, 6.45) is 1.75. The minimum absolute atomic E-state index is 0.0502. The standard InChI is InChI=1S/C19H28FN3O2/c1-3-23(4-2)18(24)12-21-19(25)16-8-6-10-22(14-16)13-15-7-5-9-17(20)11-15/h5,7,9,11,16H,3-4,6,8,10,12-14H2,1-2H3,(H,21,25)/t16-/m1/s1. The van der Waals surface area contributed by atoms with Gasteiger partial charge in [-0.25, -0.2) is 4.39 Å². The summed E-state index contributed by atoms with van der Waals surface area (Å²) in [5, 5.41) is 2.78. The maximum atomic E-state index is 13.3. The molecule has 1 aliphatic rings. The highest BCUT2D eigenvalue weighted by molar-refractivity contribution is 5.86. The Hall–Kier alpha value is -1.95. The molecule has 6 heteroatoms. The Kier molecular flexibility index (Phi) is 7.37. The van der Waals surface area contributed by atoms with Crippen molar-refractivity contribution in [2.45, 2.75) is 33.2 Å². The molecule has 2 amide bonds. The van der Waals surface area contributed by atoms with E-state index in [4.69, 9.17) is 0 Å². The van der Waals surface area contributed by atoms with Crippen molar-refractivity contribution in [3.63, 3.8) is 0 Å². The lowest BCUT2D eigenvalue weighted by Crippen LogP contribution is -2.46. The maximum Gasteiger partial charge on any atom is 0.241 e. The SMILES string of the molecule is CCN(CC)C(=O)CNC(=O)[C@@H]1CCCN(Cc2cccc(F)c2)C1. The van der Waals surface area contributed by atoms with Crippen molar-refractivity contribution < 1.29 is 14.0 Å². The molecule has 0 bridgehead atoms. The van der Waals surface area contributed by atoms with Crippen LogP contribution >= 0.6 is 0 Å². The number of likely N-dealkylation sites (N-methyl/N-ethyl adjacent to an activating group) is 1. The first-order valence-electron chi connectivity index (χ1n) is 9.05. The van der Waals surface area contributed by atoms with Gasteiger partial charge in [-0.3, -0.25) is 14.5 Å². The van der Waals surface area contributed by atoms with Gasteiger partial charge in [-0.05, 0) is 50.9 Å². The number of carbonyl (C=O) groups excluding carboxylic acids is 2. The van der Waals surface area contributed by atoms with Gasteiger partial charge in [0.15, 0.2) is 0 Å². The van der Waals surface area contributed by atoms with Gasteiger partial charge in [0, 0.05) is 26.2 Å². The van der Waals surface area contributed by atoms with Gasteiger partial charge in [-0.1, -0.05) is 12.1 Å². The average Bonchev–Trinajstić information content (AvgIpc) is 2.61. The molecule has 0 unspecified atom stereocenters. The largest absolute Gasteiger partial charge is 0.347 e. The molecular weight excluding hydrogens is 321 g/mol. The maximum absolute atomic E-state index is 13.3. The van der Waals surface area contributed by atoms with E-state index in [2.05, 4.69) is 10.2 Å². The van der Waals surface area contributed by atoms with Crippen molar-refractivity contribution in [1.29, 1.82) is 0 Å². The molecule has 2 rings (SSSR count). The zero-order valence-corrected chi connectivity index (χ0v) is 15.1. The summed E-state index contributed by atoms with van der Waals surface area (Å²) < 4.78 is 13.3. The number of hydrogen-bond acceptors (Lipinski definition) is 3. The van der Waals surface area contributed by atoms with Crippen LogP contribution in [-0.4, -0.2) is 54.3 Å². The minimum Gasteiger partial charge on any atom is -0.347 e. The van der Waals surface area contributed by atoms with Crippen LogP contribution in [0.4, 0.5) is 4.39 Å². The Bertz CT molecular complexity index is 590. The number of nitrogens with zero attached hydrogens (tertiary/aromatic N) is 2. The van der Waals surface area contributed by atoms with E-state index in [0.29, 0.717) is 26.2 Å². The predicted molar refractivity (Wildman–Crippen MR) is 95.3 cm³/mol. The summed E-state index contributed by atoms with van der Waals surface area (Å²) in [7, 11) is 0. The molecule has 0 aliphatic carbocycles. The smallest absolute Gasteiger partial charge is 0.241 e. The Morgan fingerprint density at radius 2 is 2.08 bits per heavy atom. The number of halogens is 1. The van der Waals surface area contributed by atoms with E-state index < -0.39 is 0 Å². The van der Waals surface area contributed by atoms with Gasteiger partial charge in [0.2, 0.25) is 11.8 Å². The fraction of sp³-hybridized carbons (Fsp3) is 0.579. The van der Waals surface area contributed by atoms with Crippen LogP contribution in [0.25, 0.3) is 0 Å². The molecule has 0 spiro atoms. The lowest BCUT2D eigenvalue weighted by Gasteiger charge is -2.32. The normalized spacial score (nSPS) is 18.0. The van der Waals surface area contributed by atoms with Crippen molar-refractivity contribution >= 4 is 11.8 Å². The van der Waals surface area contributed by atoms with Crippen LogP contribution in [0.3, 0.4) is 0 Å². The number of benzene rings is 1. The van der Waals surface area contributed by atoms with Crippen LogP contribution in [-0.2, 0) is 16.1 Å². The third kappa shape index (κ3) is 5.81. The van der Waals surface area contributed by atoms with E-state index in [0.717, 1.165) is 24.9 Å². The predicted octanol–water partition coefficient (Wildman–Crippen LogP) is 2.02. The summed E-state index contributed by atoms with van der Waals surface area (Å²) >= 11 is 0. The lowest BCUT2D eigenvalue weighted by atomic mass is 9.96. The number of nitrogens with one attached hydrogen (secondary N) is 1. The first-order chi connectivity index (χ1) is 12.0. The molecular formula is C19H28FN3O2. The Balaban J connectivity index is 1.83. The molecule has 1 aliphatic heterocycles. The fourth-order valence-electron chi connectivity index (χ4n) is 3.30. The van der Waals surface area contributed by atoms with Crippen LogP contribution in [0, 0.1) is 11.7 Å². The van der Waals surface area contributed by atoms with Gasteiger partial charge in [0.25, 0.3) is 0 Å². The lowest BCUT2D eigenvalue weighted by molar-refractivity contribution is -0.134. The molecule has 5 nitrogen and oxygen atoms in total. The first kappa shape index (κ1) is 19.4. The van der Waals surface area contributed by atoms with Crippen LogP contribution in [0.2, 0.25) is 0 Å². The van der Waals surface area contributed by atoms with Crippen LogP contribution in [0.5, 0.6) is 0 Å². The molecule has 1 saturated heterocycles. The molecule has 0 aromatic heterocycles. The van der Waals surface area contributed by atoms with E-state index in [1.165, 1.54) is 12.1 Å². The summed E-state index contributed by atoms with van der Waals surface area (Å²) in [4.78, 5) is 28.3. The molecule has 1 aromatic rings. The number of amides is 2. The molecule has 138 valence electrons. The van der Waals surface area contributed by atoms with Gasteiger partial charge >= 0.3 is 0 Å². The molecule has 1 aromatic carbocycles. The van der Waals surface area contributed by atoms with Crippen molar-refractivity contribution in [3.05, 3.63) is 35.6 Å². The van der Waals surface area contributed by atoms with Gasteiger partial charge in [-0.15, -0.1) is 0 Å². The van der Waals surface area contributed by atoms with Gasteiger partial charge < -0.3 is 10.2 Å². The van der Waals surface area contributed by atoms with E-state index >= 15 is 0 Å². The third-order valence-corrected chi connectivity index (χ3v) is 4.70. The fourth-order valence-corrected chi connectivity index (χ4v) is 3.30. The van der Waals surface area contributed by atoms with Gasteiger partial charge in [0.1, 0.15) is 5.82 Å². The first-order valence-corrected chi connectivity index (χ1v) is 9.05. The zero-order chi connectivity index (χ0) is 18.2. The van der Waals surface area contributed by atoms with E-state index in [1.807, 2.05) is 19.9 Å². The van der Waals surface area contributed by atoms with Crippen molar-refractivity contribution in [1.82, 2.24) is 15.1 Å². The van der Waals surface area contributed by atoms with Crippen molar-refractivity contribution in [3.8, 4) is 0 Å². The second kappa shape index (κ2) is 9.51. The molecule has 1 N–H and O–H groups in total. The van der Waals surface area contributed by atoms with Crippen molar-refractivity contribution in [2.24, 2.45) is 5.92 Å². The summed E-state index contributed by atoms with van der Waals surface area (Å²) in [5.41, 5.74) is 0.915. The van der Waals surface area contributed by atoms with Crippen LogP contribution in [0.1, 0.15) is 32.3 Å². The molecule has 0 radical (unpaired) electrons.